The Morgan fingerprint density at radius 2 is 1.93 bits per heavy atom. The summed E-state index contributed by atoms with van der Waals surface area (Å²) in [7, 11) is 0. The van der Waals surface area contributed by atoms with E-state index in [9.17, 15) is 15.0 Å². The Balaban J connectivity index is 1.67. The van der Waals surface area contributed by atoms with Gasteiger partial charge in [-0.25, -0.2) is 9.97 Å². The molecular formula is C21H22N4O3. The van der Waals surface area contributed by atoms with E-state index in [1.807, 2.05) is 19.1 Å². The fourth-order valence-electron chi connectivity index (χ4n) is 3.61. The number of aromatic nitrogens is 2. The van der Waals surface area contributed by atoms with Crippen molar-refractivity contribution in [2.24, 2.45) is 0 Å². The maximum Gasteiger partial charge on any atom is 0.276 e. The zero-order chi connectivity index (χ0) is 19.7. The molecule has 3 heterocycles. The van der Waals surface area contributed by atoms with Crippen LogP contribution >= 0.6 is 0 Å². The van der Waals surface area contributed by atoms with Gasteiger partial charge in [-0.1, -0.05) is 0 Å². The van der Waals surface area contributed by atoms with Gasteiger partial charge in [-0.2, -0.15) is 0 Å². The summed E-state index contributed by atoms with van der Waals surface area (Å²) in [5.41, 5.74) is 3.72. The summed E-state index contributed by atoms with van der Waals surface area (Å²) in [5.74, 6) is -0.344. The highest BCUT2D eigenvalue weighted by Crippen LogP contribution is 2.27. The summed E-state index contributed by atoms with van der Waals surface area (Å²) in [6.45, 7) is 3.45. The average molecular weight is 378 g/mol. The summed E-state index contributed by atoms with van der Waals surface area (Å²) >= 11 is 0. The van der Waals surface area contributed by atoms with Crippen LogP contribution < -0.4 is 10.2 Å². The number of amides is 1. The van der Waals surface area contributed by atoms with Crippen molar-refractivity contribution >= 4 is 28.2 Å². The Bertz CT molecular complexity index is 1050. The maximum atomic E-state index is 13.0. The van der Waals surface area contributed by atoms with Gasteiger partial charge in [-0.05, 0) is 55.7 Å². The number of benzene rings is 1. The van der Waals surface area contributed by atoms with Crippen LogP contribution in [0, 0.1) is 6.92 Å². The van der Waals surface area contributed by atoms with Crippen LogP contribution in [0.4, 0.5) is 11.4 Å². The van der Waals surface area contributed by atoms with Crippen molar-refractivity contribution in [1.82, 2.24) is 9.97 Å². The van der Waals surface area contributed by atoms with E-state index in [-0.39, 0.29) is 18.4 Å². The molecule has 1 amide bonds. The standard InChI is InChI=1S/C21H22N4O3/c1-13-10-19(27)24-17-6-4-14(11-16(13)17)23-21(28)20-18(25-8-2-3-9-25)7-5-15(12-26)22-20/h4-7,10-11,26H,2-3,8-9,12H2,1H3,(H,23,28)(H,24,27). The molecule has 0 spiro atoms. The third kappa shape index (κ3) is 3.48. The van der Waals surface area contributed by atoms with Gasteiger partial charge in [-0.15, -0.1) is 0 Å². The number of pyridine rings is 2. The smallest absolute Gasteiger partial charge is 0.276 e. The summed E-state index contributed by atoms with van der Waals surface area (Å²) < 4.78 is 0. The van der Waals surface area contributed by atoms with E-state index in [1.165, 1.54) is 0 Å². The first-order valence-corrected chi connectivity index (χ1v) is 9.32. The number of aliphatic hydroxyl groups is 1. The molecule has 4 rings (SSSR count). The lowest BCUT2D eigenvalue weighted by Crippen LogP contribution is -2.24. The molecule has 0 unspecified atom stereocenters. The first-order chi connectivity index (χ1) is 13.5. The molecule has 0 atom stereocenters. The van der Waals surface area contributed by atoms with Crippen LogP contribution in [0.5, 0.6) is 5.88 Å². The molecule has 0 radical (unpaired) electrons. The minimum Gasteiger partial charge on any atom is -0.493 e. The molecule has 1 aliphatic rings. The second-order valence-corrected chi connectivity index (χ2v) is 7.01. The first kappa shape index (κ1) is 18.2. The van der Waals surface area contributed by atoms with Gasteiger partial charge in [0.05, 0.1) is 23.5 Å². The quantitative estimate of drug-likeness (QED) is 0.646. The number of aliphatic hydroxyl groups excluding tert-OH is 1. The Labute approximate surface area is 162 Å². The van der Waals surface area contributed by atoms with Crippen molar-refractivity contribution < 1.29 is 15.0 Å². The molecular weight excluding hydrogens is 356 g/mol. The summed E-state index contributed by atoms with van der Waals surface area (Å²) in [4.78, 5) is 23.6. The van der Waals surface area contributed by atoms with Crippen molar-refractivity contribution in [2.45, 2.75) is 26.4 Å². The number of rotatable bonds is 4. The van der Waals surface area contributed by atoms with Crippen molar-refractivity contribution in [1.29, 1.82) is 0 Å². The fraction of sp³-hybridized carbons (Fsp3) is 0.286. The number of hydrogen-bond donors (Lipinski definition) is 3. The van der Waals surface area contributed by atoms with Crippen LogP contribution in [0.15, 0.2) is 36.4 Å². The van der Waals surface area contributed by atoms with E-state index in [0.717, 1.165) is 42.6 Å². The average Bonchev–Trinajstić information content (AvgIpc) is 3.22. The first-order valence-electron chi connectivity index (χ1n) is 9.32. The van der Waals surface area contributed by atoms with Gasteiger partial charge in [-0.3, -0.25) is 4.79 Å². The molecule has 1 aliphatic heterocycles. The summed E-state index contributed by atoms with van der Waals surface area (Å²) in [6, 6.07) is 10.5. The number of aryl methyl sites for hydroxylation is 1. The molecule has 1 aromatic carbocycles. The lowest BCUT2D eigenvalue weighted by Gasteiger charge is -2.21. The topological polar surface area (TPSA) is 98.6 Å². The molecule has 3 N–H and O–H groups in total. The van der Waals surface area contributed by atoms with E-state index < -0.39 is 0 Å². The molecule has 7 nitrogen and oxygen atoms in total. The van der Waals surface area contributed by atoms with E-state index in [1.54, 1.807) is 24.3 Å². The molecule has 1 saturated heterocycles. The van der Waals surface area contributed by atoms with Crippen molar-refractivity contribution in [3.8, 4) is 5.88 Å². The summed E-state index contributed by atoms with van der Waals surface area (Å²) in [5, 5.41) is 22.8. The maximum absolute atomic E-state index is 13.0. The monoisotopic (exact) mass is 378 g/mol. The van der Waals surface area contributed by atoms with Gasteiger partial charge in [0.2, 0.25) is 5.88 Å². The van der Waals surface area contributed by atoms with Crippen molar-refractivity contribution in [2.75, 3.05) is 23.3 Å². The molecule has 0 saturated carbocycles. The van der Waals surface area contributed by atoms with E-state index in [2.05, 4.69) is 20.2 Å². The van der Waals surface area contributed by atoms with Crippen LogP contribution in [0.3, 0.4) is 0 Å². The zero-order valence-electron chi connectivity index (χ0n) is 15.6. The Hall–Kier alpha value is -3.19. The fourth-order valence-corrected chi connectivity index (χ4v) is 3.61. The number of nitrogens with one attached hydrogen (secondary N) is 1. The number of anilines is 2. The third-order valence-corrected chi connectivity index (χ3v) is 5.02. The largest absolute Gasteiger partial charge is 0.493 e. The second kappa shape index (κ2) is 7.44. The predicted octanol–water partition coefficient (Wildman–Crippen LogP) is 2.99. The molecule has 7 heteroatoms. The minimum atomic E-state index is -0.319. The van der Waals surface area contributed by atoms with Gasteiger partial charge in [0, 0.05) is 30.2 Å². The Kier molecular flexibility index (Phi) is 4.83. The highest BCUT2D eigenvalue weighted by molar-refractivity contribution is 6.07. The lowest BCUT2D eigenvalue weighted by molar-refractivity contribution is 0.102. The minimum absolute atomic E-state index is 0.0259. The van der Waals surface area contributed by atoms with Gasteiger partial charge in [0.25, 0.3) is 5.91 Å². The molecule has 2 aromatic heterocycles. The van der Waals surface area contributed by atoms with E-state index in [0.29, 0.717) is 22.6 Å². The third-order valence-electron chi connectivity index (χ3n) is 5.02. The van der Waals surface area contributed by atoms with Crippen molar-refractivity contribution in [3.63, 3.8) is 0 Å². The van der Waals surface area contributed by atoms with Gasteiger partial charge >= 0.3 is 0 Å². The number of hydrogen-bond acceptors (Lipinski definition) is 6. The molecule has 28 heavy (non-hydrogen) atoms. The van der Waals surface area contributed by atoms with Crippen LogP contribution in [0.25, 0.3) is 10.9 Å². The zero-order valence-corrected chi connectivity index (χ0v) is 15.6. The van der Waals surface area contributed by atoms with E-state index in [4.69, 9.17) is 0 Å². The number of nitrogens with zero attached hydrogens (tertiary/aromatic N) is 3. The van der Waals surface area contributed by atoms with Crippen LogP contribution in [0.1, 0.15) is 34.6 Å². The summed E-state index contributed by atoms with van der Waals surface area (Å²) in [6.07, 6.45) is 2.18. The van der Waals surface area contributed by atoms with Gasteiger partial charge < -0.3 is 20.4 Å². The lowest BCUT2D eigenvalue weighted by atomic mass is 10.1. The normalized spacial score (nSPS) is 13.9. The molecule has 0 bridgehead atoms. The second-order valence-electron chi connectivity index (χ2n) is 7.01. The van der Waals surface area contributed by atoms with Crippen molar-refractivity contribution in [3.05, 3.63) is 53.3 Å². The number of carbonyl (C=O) groups excluding carboxylic acids is 1. The van der Waals surface area contributed by atoms with Crippen LogP contribution in [-0.4, -0.2) is 39.2 Å². The molecule has 1 fully saturated rings. The predicted molar refractivity (Wildman–Crippen MR) is 108 cm³/mol. The highest BCUT2D eigenvalue weighted by atomic mass is 16.3. The van der Waals surface area contributed by atoms with Gasteiger partial charge in [0.15, 0.2) is 5.69 Å². The number of fused-ring (bicyclic) bond motifs is 1. The number of aromatic hydroxyl groups is 1. The van der Waals surface area contributed by atoms with E-state index >= 15 is 0 Å². The Morgan fingerprint density at radius 3 is 2.68 bits per heavy atom. The highest BCUT2D eigenvalue weighted by Gasteiger charge is 2.21. The SMILES string of the molecule is Cc1cc(O)nc2ccc(NC(=O)c3nc(CO)ccc3N3CCCC3)cc12. The van der Waals surface area contributed by atoms with Crippen LogP contribution in [0.2, 0.25) is 0 Å². The molecule has 3 aromatic rings. The van der Waals surface area contributed by atoms with Gasteiger partial charge in [0.1, 0.15) is 0 Å². The Morgan fingerprint density at radius 1 is 1.14 bits per heavy atom. The molecule has 144 valence electrons. The van der Waals surface area contributed by atoms with Crippen LogP contribution in [-0.2, 0) is 6.61 Å². The molecule has 0 aliphatic carbocycles. The number of carbonyl (C=O) groups is 1.